The number of nitrogens with one attached hydrogen (secondary N) is 2. The minimum absolute atomic E-state index is 0.0289. The zero-order valence-electron chi connectivity index (χ0n) is 20.6. The predicted octanol–water partition coefficient (Wildman–Crippen LogP) is 4.85. The molecule has 200 valence electrons. The van der Waals surface area contributed by atoms with Crippen LogP contribution in [0.5, 0.6) is 0 Å². The number of aromatic nitrogens is 2. The second-order valence-corrected chi connectivity index (χ2v) is 9.28. The summed E-state index contributed by atoms with van der Waals surface area (Å²) in [5.74, 6) is -2.42. The van der Waals surface area contributed by atoms with Crippen LogP contribution in [0.1, 0.15) is 58.5 Å². The number of alkyl halides is 3. The van der Waals surface area contributed by atoms with E-state index in [2.05, 4.69) is 22.2 Å². The molecule has 8 nitrogen and oxygen atoms in total. The Morgan fingerprint density at radius 3 is 2.29 bits per heavy atom. The Morgan fingerprint density at radius 1 is 1.03 bits per heavy atom. The molecule has 3 aromatic rings. The van der Waals surface area contributed by atoms with E-state index in [1.807, 2.05) is 47.4 Å². The second-order valence-electron chi connectivity index (χ2n) is 9.28. The molecule has 1 atom stereocenters. The minimum Gasteiger partial charge on any atom is -0.475 e. The van der Waals surface area contributed by atoms with Crippen LogP contribution >= 0.6 is 0 Å². The van der Waals surface area contributed by atoms with Crippen LogP contribution in [-0.4, -0.2) is 63.6 Å². The number of amides is 2. The van der Waals surface area contributed by atoms with E-state index in [0.717, 1.165) is 59.7 Å². The van der Waals surface area contributed by atoms with Gasteiger partial charge in [0.25, 0.3) is 11.8 Å². The number of benzene rings is 1. The molecule has 4 heterocycles. The third-order valence-corrected chi connectivity index (χ3v) is 6.54. The zero-order valence-corrected chi connectivity index (χ0v) is 20.6. The van der Waals surface area contributed by atoms with Gasteiger partial charge in [0.15, 0.2) is 0 Å². The molecule has 2 aromatic heterocycles. The van der Waals surface area contributed by atoms with E-state index in [4.69, 9.17) is 9.90 Å². The van der Waals surface area contributed by atoms with Crippen molar-refractivity contribution in [3.05, 3.63) is 65.5 Å². The number of H-pyrrole nitrogens is 1. The smallest absolute Gasteiger partial charge is 0.475 e. The van der Waals surface area contributed by atoms with Crippen molar-refractivity contribution >= 4 is 17.8 Å². The molecule has 2 amide bonds. The lowest BCUT2D eigenvalue weighted by Gasteiger charge is -2.26. The maximum atomic E-state index is 12.7. The summed E-state index contributed by atoms with van der Waals surface area (Å²) in [5.41, 5.74) is 6.10. The molecule has 2 aliphatic heterocycles. The number of carbonyl (C=O) groups excluding carboxylic acids is 2. The van der Waals surface area contributed by atoms with Crippen LogP contribution in [0.3, 0.4) is 0 Å². The highest BCUT2D eigenvalue weighted by molar-refractivity contribution is 5.98. The minimum atomic E-state index is -5.08. The van der Waals surface area contributed by atoms with Crippen LogP contribution in [0.15, 0.2) is 48.7 Å². The van der Waals surface area contributed by atoms with Crippen LogP contribution < -0.4 is 5.32 Å². The number of nitrogens with zero attached hydrogens (tertiary/aromatic N) is 2. The highest BCUT2D eigenvalue weighted by atomic mass is 19.4. The van der Waals surface area contributed by atoms with Gasteiger partial charge in [0.05, 0.1) is 11.3 Å². The van der Waals surface area contributed by atoms with Crippen LogP contribution in [0.2, 0.25) is 0 Å². The van der Waals surface area contributed by atoms with E-state index < -0.39 is 12.1 Å². The molecule has 2 aliphatic rings. The van der Waals surface area contributed by atoms with Crippen molar-refractivity contribution < 1.29 is 32.7 Å². The first-order chi connectivity index (χ1) is 18.0. The van der Waals surface area contributed by atoms with E-state index in [-0.39, 0.29) is 17.7 Å². The monoisotopic (exact) mass is 528 g/mol. The Bertz CT molecular complexity index is 1330. The van der Waals surface area contributed by atoms with Crippen LogP contribution in [0.25, 0.3) is 22.5 Å². The zero-order chi connectivity index (χ0) is 27.4. The largest absolute Gasteiger partial charge is 0.490 e. The summed E-state index contributed by atoms with van der Waals surface area (Å²) >= 11 is 0. The molecule has 0 spiro atoms. The van der Waals surface area contributed by atoms with Gasteiger partial charge in [-0.3, -0.25) is 14.6 Å². The van der Waals surface area contributed by atoms with Gasteiger partial charge in [0, 0.05) is 59.8 Å². The fourth-order valence-electron chi connectivity index (χ4n) is 4.46. The van der Waals surface area contributed by atoms with Crippen molar-refractivity contribution in [2.45, 2.75) is 38.3 Å². The van der Waals surface area contributed by atoms with Gasteiger partial charge in [-0.1, -0.05) is 19.1 Å². The molecule has 3 N–H and O–H groups in total. The quantitative estimate of drug-likeness (QED) is 0.450. The first-order valence-corrected chi connectivity index (χ1v) is 12.2. The third kappa shape index (κ3) is 6.04. The highest BCUT2D eigenvalue weighted by Gasteiger charge is 2.38. The van der Waals surface area contributed by atoms with Crippen molar-refractivity contribution in [2.75, 3.05) is 19.6 Å². The van der Waals surface area contributed by atoms with Crippen molar-refractivity contribution in [3.8, 4) is 22.5 Å². The molecule has 0 radical (unpaired) electrons. The summed E-state index contributed by atoms with van der Waals surface area (Å²) in [7, 11) is 0. The molecular formula is C27H27F3N4O4. The number of piperidine rings is 1. The molecule has 0 bridgehead atoms. The summed E-state index contributed by atoms with van der Waals surface area (Å²) < 4.78 is 31.7. The summed E-state index contributed by atoms with van der Waals surface area (Å²) in [5, 5.41) is 10.1. The lowest BCUT2D eigenvalue weighted by Crippen LogP contribution is -2.35. The molecule has 1 unspecified atom stereocenters. The maximum absolute atomic E-state index is 12.7. The van der Waals surface area contributed by atoms with Crippen molar-refractivity contribution in [1.82, 2.24) is 20.2 Å². The number of carbonyl (C=O) groups is 3. The fraction of sp³-hybridized carbons (Fsp3) is 0.333. The Morgan fingerprint density at radius 2 is 1.68 bits per heavy atom. The molecule has 0 aliphatic carbocycles. The number of hydrogen-bond acceptors (Lipinski definition) is 4. The van der Waals surface area contributed by atoms with E-state index in [1.165, 1.54) is 6.42 Å². The van der Waals surface area contributed by atoms with Crippen molar-refractivity contribution in [3.63, 3.8) is 0 Å². The number of aromatic amines is 1. The topological polar surface area (TPSA) is 115 Å². The fourth-order valence-corrected chi connectivity index (χ4v) is 4.46. The average molecular weight is 529 g/mol. The van der Waals surface area contributed by atoms with E-state index in [9.17, 15) is 22.8 Å². The normalized spacial score (nSPS) is 17.1. The van der Waals surface area contributed by atoms with E-state index in [1.54, 1.807) is 6.20 Å². The van der Waals surface area contributed by atoms with Gasteiger partial charge < -0.3 is 20.3 Å². The van der Waals surface area contributed by atoms with E-state index >= 15 is 0 Å². The molecule has 5 rings (SSSR count). The number of fused-ring (bicyclic) bond motifs is 1. The van der Waals surface area contributed by atoms with Gasteiger partial charge in [-0.15, -0.1) is 0 Å². The van der Waals surface area contributed by atoms with Gasteiger partial charge in [-0.25, -0.2) is 4.79 Å². The summed E-state index contributed by atoms with van der Waals surface area (Å²) in [6.07, 6.45) is 0.0746. The van der Waals surface area contributed by atoms with Gasteiger partial charge in [-0.2, -0.15) is 13.2 Å². The van der Waals surface area contributed by atoms with E-state index in [0.29, 0.717) is 12.1 Å². The Kier molecular flexibility index (Phi) is 7.84. The lowest BCUT2D eigenvalue weighted by molar-refractivity contribution is -0.192. The van der Waals surface area contributed by atoms with Gasteiger partial charge in [0.1, 0.15) is 0 Å². The number of carboxylic acids is 1. The molecule has 1 saturated heterocycles. The lowest BCUT2D eigenvalue weighted by atomic mass is 9.99. The van der Waals surface area contributed by atoms with Crippen LogP contribution in [0, 0.1) is 0 Å². The average Bonchev–Trinajstić information content (AvgIpc) is 3.38. The molecular weight excluding hydrogens is 501 g/mol. The first-order valence-electron chi connectivity index (χ1n) is 12.2. The van der Waals surface area contributed by atoms with Gasteiger partial charge in [0.2, 0.25) is 0 Å². The molecule has 0 saturated carbocycles. The second kappa shape index (κ2) is 11.1. The Labute approximate surface area is 216 Å². The standard InChI is InChI=1S/C25H26N4O2.C2HF3O2/c1-16-15-27-24(30)20-14-22(28-23(16)20)19-9-10-26-21(13-19)17-5-7-18(8-6-17)25(31)29-11-3-2-4-12-29;3-2(4,5)1(6)7/h5-10,13-14,16,28H,2-4,11-12,15H2,1H3,(H,27,30);(H,6,7). The predicted molar refractivity (Wildman–Crippen MR) is 134 cm³/mol. The van der Waals surface area contributed by atoms with Crippen molar-refractivity contribution in [2.24, 2.45) is 0 Å². The van der Waals surface area contributed by atoms with Gasteiger partial charge in [-0.05, 0) is 49.6 Å². The number of halogens is 3. The summed E-state index contributed by atoms with van der Waals surface area (Å²) in [4.78, 5) is 43.7. The number of hydrogen-bond donors (Lipinski definition) is 3. The number of likely N-dealkylation sites (tertiary alicyclic amines) is 1. The molecule has 11 heteroatoms. The molecule has 38 heavy (non-hydrogen) atoms. The number of carboxylic acid groups (broad SMARTS) is 1. The number of rotatable bonds is 3. The highest BCUT2D eigenvalue weighted by Crippen LogP contribution is 2.30. The summed E-state index contributed by atoms with van der Waals surface area (Å²) in [6, 6.07) is 13.6. The van der Waals surface area contributed by atoms with Crippen LogP contribution in [-0.2, 0) is 4.79 Å². The van der Waals surface area contributed by atoms with Gasteiger partial charge >= 0.3 is 12.1 Å². The number of aliphatic carboxylic acids is 1. The molecule has 1 aromatic carbocycles. The summed E-state index contributed by atoms with van der Waals surface area (Å²) in [6.45, 7) is 4.45. The molecule has 1 fully saturated rings. The first kappa shape index (κ1) is 26.9. The number of pyridine rings is 1. The van der Waals surface area contributed by atoms with Crippen molar-refractivity contribution in [1.29, 1.82) is 0 Å². The maximum Gasteiger partial charge on any atom is 0.490 e. The third-order valence-electron chi connectivity index (χ3n) is 6.54. The van der Waals surface area contributed by atoms with Crippen LogP contribution in [0.4, 0.5) is 13.2 Å². The Balaban J connectivity index is 0.000000426. The SMILES string of the molecule is CC1CNC(=O)c2cc(-c3ccnc(-c4ccc(C(=O)N5CCCCC5)cc4)c3)[nH]c21.O=C(O)C(F)(F)F. The Hall–Kier alpha value is -4.15.